The molecule has 2 rings (SSSR count). The first-order valence-electron chi connectivity index (χ1n) is 7.23. The van der Waals surface area contributed by atoms with Crippen LogP contribution in [0.1, 0.15) is 30.5 Å². The van der Waals surface area contributed by atoms with Crippen molar-refractivity contribution in [3.05, 3.63) is 69.3 Å². The first-order chi connectivity index (χ1) is 10.2. The number of benzene rings is 2. The predicted molar refractivity (Wildman–Crippen MR) is 85.6 cm³/mol. The highest BCUT2D eigenvalue weighted by Crippen LogP contribution is 2.23. The number of hydrogen-bond donors (Lipinski definition) is 1. The lowest BCUT2D eigenvalue weighted by Crippen LogP contribution is -2.05. The summed E-state index contributed by atoms with van der Waals surface area (Å²) in [5, 5.41) is 14.1. The van der Waals surface area contributed by atoms with E-state index in [9.17, 15) is 10.1 Å². The van der Waals surface area contributed by atoms with Crippen molar-refractivity contribution in [3.63, 3.8) is 0 Å². The minimum atomic E-state index is -0.376. The van der Waals surface area contributed by atoms with Crippen LogP contribution in [0.5, 0.6) is 0 Å². The lowest BCUT2D eigenvalue weighted by Gasteiger charge is -2.15. The summed E-state index contributed by atoms with van der Waals surface area (Å²) in [6, 6.07) is 13.0. The Morgan fingerprint density at radius 1 is 1.00 bits per heavy atom. The summed E-state index contributed by atoms with van der Waals surface area (Å²) in [5.41, 5.74) is 4.96. The summed E-state index contributed by atoms with van der Waals surface area (Å²) in [6.07, 6.45) is 1.97. The largest absolute Gasteiger partial charge is 0.381 e. The molecule has 0 aliphatic heterocycles. The van der Waals surface area contributed by atoms with Crippen molar-refractivity contribution in [3.8, 4) is 0 Å². The van der Waals surface area contributed by atoms with Gasteiger partial charge in [0.1, 0.15) is 0 Å². The van der Waals surface area contributed by atoms with Gasteiger partial charge in [-0.2, -0.15) is 0 Å². The van der Waals surface area contributed by atoms with Crippen molar-refractivity contribution in [1.82, 2.24) is 0 Å². The first kappa shape index (κ1) is 15.0. The van der Waals surface area contributed by atoms with Crippen LogP contribution in [0.25, 0.3) is 0 Å². The topological polar surface area (TPSA) is 55.2 Å². The summed E-state index contributed by atoms with van der Waals surface area (Å²) in [7, 11) is 0. The first-order valence-corrected chi connectivity index (χ1v) is 7.23. The van der Waals surface area contributed by atoms with Gasteiger partial charge in [0.25, 0.3) is 5.69 Å². The van der Waals surface area contributed by atoms with E-state index in [-0.39, 0.29) is 10.6 Å². The normalized spacial score (nSPS) is 10.4. The molecule has 0 radical (unpaired) electrons. The number of nitro groups is 1. The van der Waals surface area contributed by atoms with Gasteiger partial charge in [-0.1, -0.05) is 44.2 Å². The van der Waals surface area contributed by atoms with Crippen LogP contribution < -0.4 is 5.32 Å². The average molecular weight is 284 g/mol. The maximum atomic E-state index is 10.6. The number of non-ortho nitro benzene ring substituents is 1. The number of nitrogens with zero attached hydrogens (tertiary/aromatic N) is 1. The number of rotatable bonds is 6. The maximum absolute atomic E-state index is 10.6. The summed E-state index contributed by atoms with van der Waals surface area (Å²) in [5.74, 6) is 0. The summed E-state index contributed by atoms with van der Waals surface area (Å²) < 4.78 is 0. The van der Waals surface area contributed by atoms with Crippen molar-refractivity contribution in [2.45, 2.75) is 33.2 Å². The Morgan fingerprint density at radius 3 is 2.05 bits per heavy atom. The number of nitrogens with one attached hydrogen (secondary N) is 1. The smallest absolute Gasteiger partial charge is 0.269 e. The van der Waals surface area contributed by atoms with Crippen molar-refractivity contribution in [2.75, 3.05) is 5.32 Å². The number of anilines is 1. The molecule has 0 spiro atoms. The summed E-state index contributed by atoms with van der Waals surface area (Å²) >= 11 is 0. The van der Waals surface area contributed by atoms with E-state index in [4.69, 9.17) is 0 Å². The van der Waals surface area contributed by atoms with Gasteiger partial charge in [-0.25, -0.2) is 0 Å². The predicted octanol–water partition coefficient (Wildman–Crippen LogP) is 4.33. The molecule has 110 valence electrons. The molecule has 0 bridgehead atoms. The van der Waals surface area contributed by atoms with Crippen LogP contribution >= 0.6 is 0 Å². The van der Waals surface area contributed by atoms with Crippen LogP contribution in [-0.4, -0.2) is 4.92 Å². The lowest BCUT2D eigenvalue weighted by molar-refractivity contribution is -0.384. The van der Waals surface area contributed by atoms with Crippen LogP contribution in [0.15, 0.2) is 42.5 Å². The van der Waals surface area contributed by atoms with Gasteiger partial charge >= 0.3 is 0 Å². The van der Waals surface area contributed by atoms with E-state index >= 15 is 0 Å². The molecule has 0 aliphatic carbocycles. The average Bonchev–Trinajstić information content (AvgIpc) is 2.52. The fraction of sp³-hybridized carbons (Fsp3) is 0.294. The molecule has 0 saturated carbocycles. The van der Waals surface area contributed by atoms with Gasteiger partial charge in [0.05, 0.1) is 4.92 Å². The number of nitro benzene ring substituents is 1. The molecule has 0 aromatic heterocycles. The zero-order chi connectivity index (χ0) is 15.2. The molecule has 0 aliphatic rings. The van der Waals surface area contributed by atoms with Gasteiger partial charge in [-0.05, 0) is 29.5 Å². The van der Waals surface area contributed by atoms with Gasteiger partial charge in [-0.3, -0.25) is 10.1 Å². The Balaban J connectivity index is 2.14. The van der Waals surface area contributed by atoms with Gasteiger partial charge in [0.15, 0.2) is 0 Å². The Morgan fingerprint density at radius 2 is 1.57 bits per heavy atom. The van der Waals surface area contributed by atoms with Crippen LogP contribution in [0.3, 0.4) is 0 Å². The molecule has 0 fully saturated rings. The highest BCUT2D eigenvalue weighted by molar-refractivity contribution is 5.58. The highest BCUT2D eigenvalue weighted by Gasteiger charge is 2.07. The van der Waals surface area contributed by atoms with Crippen LogP contribution in [0.4, 0.5) is 11.4 Å². The minimum Gasteiger partial charge on any atom is -0.381 e. The highest BCUT2D eigenvalue weighted by atomic mass is 16.6. The van der Waals surface area contributed by atoms with Crippen LogP contribution in [0, 0.1) is 10.1 Å². The number of aryl methyl sites for hydroxylation is 2. The maximum Gasteiger partial charge on any atom is 0.269 e. The van der Waals surface area contributed by atoms with Crippen LogP contribution in [-0.2, 0) is 19.4 Å². The van der Waals surface area contributed by atoms with E-state index in [1.165, 1.54) is 16.8 Å². The molecular weight excluding hydrogens is 264 g/mol. The second kappa shape index (κ2) is 6.88. The van der Waals surface area contributed by atoms with Crippen LogP contribution in [0.2, 0.25) is 0 Å². The molecule has 21 heavy (non-hydrogen) atoms. The second-order valence-corrected chi connectivity index (χ2v) is 4.94. The third-order valence-electron chi connectivity index (χ3n) is 3.62. The second-order valence-electron chi connectivity index (χ2n) is 4.94. The van der Waals surface area contributed by atoms with Crippen molar-refractivity contribution >= 4 is 11.4 Å². The van der Waals surface area contributed by atoms with Crippen molar-refractivity contribution in [2.24, 2.45) is 0 Å². The van der Waals surface area contributed by atoms with Crippen molar-refractivity contribution in [1.29, 1.82) is 0 Å². The quantitative estimate of drug-likeness (QED) is 0.634. The van der Waals surface area contributed by atoms with Gasteiger partial charge in [0.2, 0.25) is 0 Å². The monoisotopic (exact) mass is 284 g/mol. The fourth-order valence-electron chi connectivity index (χ4n) is 2.40. The lowest BCUT2D eigenvalue weighted by atomic mass is 10.0. The molecule has 2 aromatic carbocycles. The molecule has 0 atom stereocenters. The van der Waals surface area contributed by atoms with E-state index in [0.717, 1.165) is 18.4 Å². The van der Waals surface area contributed by atoms with Gasteiger partial charge in [0, 0.05) is 24.4 Å². The van der Waals surface area contributed by atoms with Gasteiger partial charge in [-0.15, -0.1) is 0 Å². The molecular formula is C17H20N2O2. The molecule has 0 unspecified atom stereocenters. The molecule has 4 nitrogen and oxygen atoms in total. The molecule has 1 N–H and O–H groups in total. The van der Waals surface area contributed by atoms with E-state index in [2.05, 4.69) is 37.4 Å². The Hall–Kier alpha value is -2.36. The zero-order valence-electron chi connectivity index (χ0n) is 12.4. The molecule has 0 amide bonds. The van der Waals surface area contributed by atoms with E-state index in [1.54, 1.807) is 24.3 Å². The minimum absolute atomic E-state index is 0.127. The van der Waals surface area contributed by atoms with E-state index in [1.807, 2.05) is 0 Å². The van der Waals surface area contributed by atoms with E-state index in [0.29, 0.717) is 6.54 Å². The third-order valence-corrected chi connectivity index (χ3v) is 3.62. The third kappa shape index (κ3) is 3.60. The van der Waals surface area contributed by atoms with E-state index < -0.39 is 0 Å². The Kier molecular flexibility index (Phi) is 4.93. The fourth-order valence-corrected chi connectivity index (χ4v) is 2.40. The van der Waals surface area contributed by atoms with Crippen molar-refractivity contribution < 1.29 is 4.92 Å². The number of hydrogen-bond acceptors (Lipinski definition) is 3. The molecule has 0 saturated heterocycles. The standard InChI is InChI=1S/C17H20N2O2/c1-3-14-6-5-7-15(4-2)17(14)18-12-13-8-10-16(11-9-13)19(20)21/h5-11,18H,3-4,12H2,1-2H3. The SMILES string of the molecule is CCc1cccc(CC)c1NCc1ccc([N+](=O)[O-])cc1. The molecule has 0 heterocycles. The summed E-state index contributed by atoms with van der Waals surface area (Å²) in [6.45, 7) is 4.96. The molecule has 2 aromatic rings. The summed E-state index contributed by atoms with van der Waals surface area (Å²) in [4.78, 5) is 10.3. The van der Waals surface area contributed by atoms with Gasteiger partial charge < -0.3 is 5.32 Å². The zero-order valence-corrected chi connectivity index (χ0v) is 12.4. The Bertz CT molecular complexity index is 599. The molecule has 4 heteroatoms. The number of para-hydroxylation sites is 1. The Labute approximate surface area is 125 Å².